The van der Waals surface area contributed by atoms with Crippen LogP contribution < -0.4 is 10.2 Å². The molecule has 0 aromatic carbocycles. The lowest BCUT2D eigenvalue weighted by molar-refractivity contribution is 0.0947. The maximum absolute atomic E-state index is 12.6. The summed E-state index contributed by atoms with van der Waals surface area (Å²) in [6, 6.07) is 7.99. The molecule has 1 aliphatic heterocycles. The molecule has 0 unspecified atom stereocenters. The van der Waals surface area contributed by atoms with Crippen molar-refractivity contribution < 1.29 is 4.79 Å². The molecule has 3 aromatic rings. The van der Waals surface area contributed by atoms with E-state index in [4.69, 9.17) is 4.98 Å². The van der Waals surface area contributed by atoms with Gasteiger partial charge in [-0.3, -0.25) is 4.79 Å². The number of amides is 1. The molecule has 1 aliphatic rings. The van der Waals surface area contributed by atoms with E-state index < -0.39 is 0 Å². The predicted molar refractivity (Wildman–Crippen MR) is 105 cm³/mol. The van der Waals surface area contributed by atoms with Crippen LogP contribution in [-0.4, -0.2) is 33.8 Å². The van der Waals surface area contributed by atoms with Gasteiger partial charge in [0.1, 0.15) is 5.82 Å². The first-order valence-electron chi connectivity index (χ1n) is 9.11. The molecule has 0 aliphatic carbocycles. The lowest BCUT2D eigenvalue weighted by Gasteiger charge is -2.21. The number of rotatable bonds is 4. The van der Waals surface area contributed by atoms with Crippen molar-refractivity contribution in [1.29, 1.82) is 0 Å². The molecule has 0 atom stereocenters. The fourth-order valence-electron chi connectivity index (χ4n) is 3.43. The minimum atomic E-state index is -0.159. The lowest BCUT2D eigenvalue weighted by atomic mass is 10.2. The summed E-state index contributed by atoms with van der Waals surface area (Å²) in [5.41, 5.74) is 1.20. The van der Waals surface area contributed by atoms with Crippen molar-refractivity contribution in [3.05, 3.63) is 40.2 Å². The zero-order chi connectivity index (χ0) is 17.9. The lowest BCUT2D eigenvalue weighted by Crippen LogP contribution is -2.25. The van der Waals surface area contributed by atoms with Crippen LogP contribution in [0.3, 0.4) is 0 Å². The molecule has 26 heavy (non-hydrogen) atoms. The number of aromatic nitrogens is 3. The Kier molecular flexibility index (Phi) is 4.88. The SMILES string of the molecule is Cn1nc(C(=O)NCc2cccs2)c2ccc(N3CCCCCC3)nc21. The van der Waals surface area contributed by atoms with Gasteiger partial charge in [0.2, 0.25) is 0 Å². The van der Waals surface area contributed by atoms with E-state index in [-0.39, 0.29) is 5.91 Å². The molecular formula is C19H23N5OS. The largest absolute Gasteiger partial charge is 0.357 e. The van der Waals surface area contributed by atoms with Gasteiger partial charge in [0.15, 0.2) is 11.3 Å². The molecule has 0 spiro atoms. The highest BCUT2D eigenvalue weighted by atomic mass is 32.1. The number of nitrogens with one attached hydrogen (secondary N) is 1. The predicted octanol–water partition coefficient (Wildman–Crippen LogP) is 3.34. The Morgan fingerprint density at radius 1 is 1.19 bits per heavy atom. The number of aryl methyl sites for hydroxylation is 1. The Hall–Kier alpha value is -2.41. The molecule has 1 saturated heterocycles. The van der Waals surface area contributed by atoms with E-state index in [0.717, 1.165) is 34.8 Å². The summed E-state index contributed by atoms with van der Waals surface area (Å²) >= 11 is 1.63. The van der Waals surface area contributed by atoms with Crippen LogP contribution in [0.1, 0.15) is 41.0 Å². The summed E-state index contributed by atoms with van der Waals surface area (Å²) in [6.07, 6.45) is 5.00. The summed E-state index contributed by atoms with van der Waals surface area (Å²) < 4.78 is 1.71. The zero-order valence-electron chi connectivity index (χ0n) is 14.9. The molecule has 4 heterocycles. The minimum absolute atomic E-state index is 0.159. The van der Waals surface area contributed by atoms with E-state index in [1.165, 1.54) is 25.7 Å². The Bertz CT molecular complexity index is 894. The van der Waals surface area contributed by atoms with Gasteiger partial charge < -0.3 is 10.2 Å². The van der Waals surface area contributed by atoms with Crippen LogP contribution in [0.15, 0.2) is 29.6 Å². The zero-order valence-corrected chi connectivity index (χ0v) is 15.8. The number of thiophene rings is 1. The van der Waals surface area contributed by atoms with Gasteiger partial charge in [0.25, 0.3) is 5.91 Å². The fourth-order valence-corrected chi connectivity index (χ4v) is 4.07. The van der Waals surface area contributed by atoms with E-state index in [1.54, 1.807) is 16.0 Å². The van der Waals surface area contributed by atoms with E-state index in [2.05, 4.69) is 15.3 Å². The van der Waals surface area contributed by atoms with Gasteiger partial charge in [0.05, 0.1) is 11.9 Å². The average molecular weight is 369 g/mol. The highest BCUT2D eigenvalue weighted by molar-refractivity contribution is 7.09. The Balaban J connectivity index is 1.57. The second kappa shape index (κ2) is 7.45. The van der Waals surface area contributed by atoms with E-state index in [9.17, 15) is 4.79 Å². The average Bonchev–Trinajstić information content (AvgIpc) is 3.19. The number of carbonyl (C=O) groups excluding carboxylic acids is 1. The van der Waals surface area contributed by atoms with Crippen molar-refractivity contribution in [2.75, 3.05) is 18.0 Å². The second-order valence-electron chi connectivity index (χ2n) is 6.68. The molecule has 0 bridgehead atoms. The number of hydrogen-bond acceptors (Lipinski definition) is 5. The number of hydrogen-bond donors (Lipinski definition) is 1. The summed E-state index contributed by atoms with van der Waals surface area (Å²) in [4.78, 5) is 20.8. The first-order valence-corrected chi connectivity index (χ1v) is 9.99. The van der Waals surface area contributed by atoms with Crippen LogP contribution in [0.5, 0.6) is 0 Å². The van der Waals surface area contributed by atoms with Crippen molar-refractivity contribution in [2.24, 2.45) is 7.05 Å². The second-order valence-corrected chi connectivity index (χ2v) is 7.71. The number of nitrogens with zero attached hydrogens (tertiary/aromatic N) is 4. The standard InChI is InChI=1S/C19H23N5OS/c1-23-18-15(8-9-16(21-18)24-10-4-2-3-5-11-24)17(22-23)19(25)20-13-14-7-6-12-26-14/h6-9,12H,2-5,10-11,13H2,1H3,(H,20,25). The van der Waals surface area contributed by atoms with Gasteiger partial charge >= 0.3 is 0 Å². The van der Waals surface area contributed by atoms with Gasteiger partial charge in [-0.1, -0.05) is 18.9 Å². The summed E-state index contributed by atoms with van der Waals surface area (Å²) in [5.74, 6) is 0.821. The molecular weight excluding hydrogens is 346 g/mol. The number of pyridine rings is 1. The van der Waals surface area contributed by atoms with Gasteiger partial charge in [-0.15, -0.1) is 11.3 Å². The van der Waals surface area contributed by atoms with E-state index >= 15 is 0 Å². The molecule has 4 rings (SSSR count). The molecule has 3 aromatic heterocycles. The third-order valence-corrected chi connectivity index (χ3v) is 5.70. The first-order chi connectivity index (χ1) is 12.7. The minimum Gasteiger partial charge on any atom is -0.357 e. The maximum atomic E-state index is 12.6. The monoisotopic (exact) mass is 369 g/mol. The number of carbonyl (C=O) groups is 1. The highest BCUT2D eigenvalue weighted by Crippen LogP contribution is 2.23. The third-order valence-electron chi connectivity index (χ3n) is 4.82. The Morgan fingerprint density at radius 2 is 2.00 bits per heavy atom. The van der Waals surface area contributed by atoms with Crippen LogP contribution in [0.4, 0.5) is 5.82 Å². The van der Waals surface area contributed by atoms with Gasteiger partial charge in [0, 0.05) is 25.0 Å². The maximum Gasteiger partial charge on any atom is 0.272 e. The summed E-state index contributed by atoms with van der Waals surface area (Å²) in [7, 11) is 1.84. The van der Waals surface area contributed by atoms with Crippen LogP contribution in [0.25, 0.3) is 11.0 Å². The Morgan fingerprint density at radius 3 is 2.73 bits per heavy atom. The quantitative estimate of drug-likeness (QED) is 0.766. The van der Waals surface area contributed by atoms with Crippen LogP contribution >= 0.6 is 11.3 Å². The summed E-state index contributed by atoms with van der Waals surface area (Å²) in [5, 5.41) is 10.2. The summed E-state index contributed by atoms with van der Waals surface area (Å²) in [6.45, 7) is 2.61. The topological polar surface area (TPSA) is 63.1 Å². The highest BCUT2D eigenvalue weighted by Gasteiger charge is 2.19. The van der Waals surface area contributed by atoms with Crippen molar-refractivity contribution in [1.82, 2.24) is 20.1 Å². The Labute approximate surface area is 156 Å². The molecule has 0 saturated carbocycles. The normalized spacial score (nSPS) is 15.2. The third kappa shape index (κ3) is 3.44. The molecule has 7 heteroatoms. The van der Waals surface area contributed by atoms with Crippen molar-refractivity contribution in [3.63, 3.8) is 0 Å². The van der Waals surface area contributed by atoms with Crippen LogP contribution in [0, 0.1) is 0 Å². The molecule has 1 fully saturated rings. The molecule has 1 amide bonds. The van der Waals surface area contributed by atoms with Gasteiger partial charge in [-0.2, -0.15) is 5.10 Å². The van der Waals surface area contributed by atoms with E-state index in [0.29, 0.717) is 12.2 Å². The molecule has 136 valence electrons. The molecule has 1 N–H and O–H groups in total. The molecule has 0 radical (unpaired) electrons. The van der Waals surface area contributed by atoms with Crippen molar-refractivity contribution >= 4 is 34.1 Å². The van der Waals surface area contributed by atoms with Gasteiger partial charge in [-0.25, -0.2) is 9.67 Å². The van der Waals surface area contributed by atoms with Crippen LogP contribution in [0.2, 0.25) is 0 Å². The van der Waals surface area contributed by atoms with Crippen molar-refractivity contribution in [3.8, 4) is 0 Å². The van der Waals surface area contributed by atoms with Gasteiger partial charge in [-0.05, 0) is 36.4 Å². The van der Waals surface area contributed by atoms with Crippen molar-refractivity contribution in [2.45, 2.75) is 32.2 Å². The number of anilines is 1. The fraction of sp³-hybridized carbons (Fsp3) is 0.421. The van der Waals surface area contributed by atoms with Crippen LogP contribution in [-0.2, 0) is 13.6 Å². The first kappa shape index (κ1) is 17.0. The smallest absolute Gasteiger partial charge is 0.272 e. The number of fused-ring (bicyclic) bond motifs is 1. The molecule has 6 nitrogen and oxygen atoms in total. The van der Waals surface area contributed by atoms with E-state index in [1.807, 2.05) is 36.7 Å².